The van der Waals surface area contributed by atoms with Crippen molar-refractivity contribution >= 4 is 17.3 Å². The summed E-state index contributed by atoms with van der Waals surface area (Å²) < 4.78 is 13.4. The highest BCUT2D eigenvalue weighted by Crippen LogP contribution is 2.40. The first-order valence-corrected chi connectivity index (χ1v) is 9.25. The van der Waals surface area contributed by atoms with Gasteiger partial charge in [-0.05, 0) is 17.5 Å². The maximum Gasteiger partial charge on any atom is 0.225 e. The van der Waals surface area contributed by atoms with Crippen LogP contribution in [0.4, 0.5) is 11.4 Å². The van der Waals surface area contributed by atoms with Crippen molar-refractivity contribution in [1.82, 2.24) is 4.57 Å². The van der Waals surface area contributed by atoms with Crippen LogP contribution in [-0.2, 0) is 17.9 Å². The lowest BCUT2D eigenvalue weighted by Crippen LogP contribution is -2.33. The van der Waals surface area contributed by atoms with E-state index >= 15 is 0 Å². The molecule has 1 amide bonds. The zero-order valence-electron chi connectivity index (χ0n) is 16.8. The highest BCUT2D eigenvalue weighted by Gasteiger charge is 2.22. The molecule has 1 aromatic carbocycles. The number of rotatable bonds is 5. The van der Waals surface area contributed by atoms with Gasteiger partial charge in [0.25, 0.3) is 0 Å². The van der Waals surface area contributed by atoms with Gasteiger partial charge in [-0.1, -0.05) is 20.8 Å². The van der Waals surface area contributed by atoms with Crippen LogP contribution < -0.4 is 19.7 Å². The summed E-state index contributed by atoms with van der Waals surface area (Å²) in [7, 11) is 3.22. The smallest absolute Gasteiger partial charge is 0.225 e. The van der Waals surface area contributed by atoms with Crippen LogP contribution in [-0.4, -0.2) is 31.2 Å². The number of nitrogens with zero attached hydrogens (tertiary/aromatic N) is 2. The molecule has 0 spiro atoms. The molecule has 0 radical (unpaired) electrons. The van der Waals surface area contributed by atoms with E-state index in [1.54, 1.807) is 14.2 Å². The minimum atomic E-state index is -0.0901. The quantitative estimate of drug-likeness (QED) is 0.866. The average molecular weight is 371 g/mol. The first-order chi connectivity index (χ1) is 12.8. The number of amides is 1. The van der Waals surface area contributed by atoms with E-state index in [0.29, 0.717) is 23.6 Å². The zero-order valence-corrected chi connectivity index (χ0v) is 16.8. The maximum atomic E-state index is 12.4. The minimum Gasteiger partial charge on any atom is -0.494 e. The molecular formula is C21H29N3O3. The third-order valence-corrected chi connectivity index (χ3v) is 4.70. The number of carbonyl (C=O) groups is 1. The van der Waals surface area contributed by atoms with Gasteiger partial charge in [-0.2, -0.15) is 0 Å². The molecule has 6 nitrogen and oxygen atoms in total. The lowest BCUT2D eigenvalue weighted by atomic mass is 9.92. The predicted octanol–water partition coefficient (Wildman–Crippen LogP) is 3.90. The van der Waals surface area contributed by atoms with Gasteiger partial charge in [0.1, 0.15) is 17.2 Å². The summed E-state index contributed by atoms with van der Waals surface area (Å²) in [4.78, 5) is 14.7. The summed E-state index contributed by atoms with van der Waals surface area (Å²) in [5.41, 5.74) is 2.79. The molecule has 146 valence electrons. The number of carbonyl (C=O) groups excluding carboxylic acids is 1. The van der Waals surface area contributed by atoms with Gasteiger partial charge < -0.3 is 24.3 Å². The Balaban J connectivity index is 1.87. The zero-order chi connectivity index (χ0) is 19.6. The number of hydrogen-bond donors (Lipinski definition) is 1. The largest absolute Gasteiger partial charge is 0.494 e. The molecule has 3 rings (SSSR count). The second-order valence-electron chi connectivity index (χ2n) is 8.13. The highest BCUT2D eigenvalue weighted by molar-refractivity contribution is 5.95. The monoisotopic (exact) mass is 371 g/mol. The van der Waals surface area contributed by atoms with Crippen molar-refractivity contribution < 1.29 is 14.3 Å². The Morgan fingerprint density at radius 2 is 1.81 bits per heavy atom. The molecular weight excluding hydrogens is 342 g/mol. The predicted molar refractivity (Wildman–Crippen MR) is 108 cm³/mol. The highest BCUT2D eigenvalue weighted by atomic mass is 16.5. The van der Waals surface area contributed by atoms with Crippen molar-refractivity contribution in [3.05, 3.63) is 36.2 Å². The molecule has 0 unspecified atom stereocenters. The number of anilines is 2. The van der Waals surface area contributed by atoms with Crippen molar-refractivity contribution in [2.24, 2.45) is 5.41 Å². The van der Waals surface area contributed by atoms with Crippen molar-refractivity contribution in [3.63, 3.8) is 0 Å². The molecule has 2 heterocycles. The number of methoxy groups -OCH3 is 2. The second kappa shape index (κ2) is 7.55. The molecule has 0 atom stereocenters. The number of hydrogen-bond acceptors (Lipinski definition) is 4. The third kappa shape index (κ3) is 4.38. The van der Waals surface area contributed by atoms with E-state index in [9.17, 15) is 4.79 Å². The number of ether oxygens (including phenoxy) is 2. The molecule has 6 heteroatoms. The summed E-state index contributed by atoms with van der Waals surface area (Å²) in [6.45, 7) is 8.79. The lowest BCUT2D eigenvalue weighted by Gasteiger charge is -2.31. The second-order valence-corrected chi connectivity index (χ2v) is 8.13. The van der Waals surface area contributed by atoms with Crippen LogP contribution in [0.25, 0.3) is 0 Å². The Morgan fingerprint density at radius 1 is 1.15 bits per heavy atom. The number of aromatic nitrogens is 1. The summed E-state index contributed by atoms with van der Waals surface area (Å²) in [5.74, 6) is 1.16. The van der Waals surface area contributed by atoms with Crippen LogP contribution in [0.3, 0.4) is 0 Å². The summed E-state index contributed by atoms with van der Waals surface area (Å²) in [6, 6.07) is 8.15. The van der Waals surface area contributed by atoms with Gasteiger partial charge in [0.2, 0.25) is 5.91 Å². The van der Waals surface area contributed by atoms with E-state index in [4.69, 9.17) is 9.47 Å². The molecule has 0 saturated heterocycles. The molecule has 1 aromatic heterocycles. The first kappa shape index (κ1) is 19.1. The summed E-state index contributed by atoms with van der Waals surface area (Å²) in [6.07, 6.45) is 2.53. The fourth-order valence-corrected chi connectivity index (χ4v) is 3.40. The fraction of sp³-hybridized carbons (Fsp3) is 0.476. The maximum absolute atomic E-state index is 12.4. The molecule has 0 fully saturated rings. The van der Waals surface area contributed by atoms with Crippen molar-refractivity contribution in [3.8, 4) is 11.5 Å². The number of nitrogens with one attached hydrogen (secondary N) is 1. The van der Waals surface area contributed by atoms with Gasteiger partial charge in [-0.25, -0.2) is 0 Å². The van der Waals surface area contributed by atoms with E-state index < -0.39 is 0 Å². The lowest BCUT2D eigenvalue weighted by molar-refractivity contribution is -0.117. The van der Waals surface area contributed by atoms with Crippen LogP contribution in [0.5, 0.6) is 11.5 Å². The van der Waals surface area contributed by atoms with E-state index in [-0.39, 0.29) is 11.3 Å². The summed E-state index contributed by atoms with van der Waals surface area (Å²) >= 11 is 0. The Kier molecular flexibility index (Phi) is 5.35. The molecule has 0 bridgehead atoms. The van der Waals surface area contributed by atoms with Crippen LogP contribution in [0, 0.1) is 5.41 Å². The molecule has 0 saturated carbocycles. The van der Waals surface area contributed by atoms with Gasteiger partial charge in [-0.3, -0.25) is 4.79 Å². The first-order valence-electron chi connectivity index (χ1n) is 9.25. The molecule has 0 aliphatic carbocycles. The topological polar surface area (TPSA) is 55.7 Å². The van der Waals surface area contributed by atoms with Gasteiger partial charge in [-0.15, -0.1) is 0 Å². The van der Waals surface area contributed by atoms with Gasteiger partial charge in [0.05, 0.1) is 20.8 Å². The summed E-state index contributed by atoms with van der Waals surface area (Å²) in [5, 5.41) is 2.97. The van der Waals surface area contributed by atoms with Crippen LogP contribution in [0.15, 0.2) is 30.5 Å². The Morgan fingerprint density at radius 3 is 2.41 bits per heavy atom. The van der Waals surface area contributed by atoms with Crippen molar-refractivity contribution in [1.29, 1.82) is 0 Å². The Bertz CT molecular complexity index is 795. The van der Waals surface area contributed by atoms with E-state index in [2.05, 4.69) is 33.1 Å². The van der Waals surface area contributed by atoms with Gasteiger partial charge in [0.15, 0.2) is 0 Å². The third-order valence-electron chi connectivity index (χ3n) is 4.70. The minimum absolute atomic E-state index is 0.0531. The molecule has 2 aromatic rings. The average Bonchev–Trinajstić information content (AvgIpc) is 3.07. The fourth-order valence-electron chi connectivity index (χ4n) is 3.40. The van der Waals surface area contributed by atoms with Crippen LogP contribution in [0.2, 0.25) is 0 Å². The number of benzene rings is 1. The standard InChI is InChI=1S/C21H29N3O3/c1-21(2,3)13-19(25)22-20-17(26-4)11-16(12-18(20)27-5)24-10-9-23-8-6-7-15(23)14-24/h6-8,11-12H,9-10,13-14H2,1-5H3,(H,22,25). The molecule has 1 aliphatic heterocycles. The SMILES string of the molecule is COc1cc(N2CCn3cccc3C2)cc(OC)c1NC(=O)CC(C)(C)C. The van der Waals surface area contributed by atoms with Crippen molar-refractivity contribution in [2.75, 3.05) is 31.0 Å². The Hall–Kier alpha value is -2.63. The molecule has 1 N–H and O–H groups in total. The molecule has 27 heavy (non-hydrogen) atoms. The van der Waals surface area contributed by atoms with E-state index in [0.717, 1.165) is 25.3 Å². The Labute approximate surface area is 161 Å². The van der Waals surface area contributed by atoms with E-state index in [1.807, 2.05) is 32.9 Å². The molecule has 1 aliphatic rings. The normalized spacial score (nSPS) is 13.9. The van der Waals surface area contributed by atoms with Crippen molar-refractivity contribution in [2.45, 2.75) is 40.3 Å². The van der Waals surface area contributed by atoms with E-state index in [1.165, 1.54) is 5.69 Å². The van der Waals surface area contributed by atoms with Gasteiger partial charge >= 0.3 is 0 Å². The number of fused-ring (bicyclic) bond motifs is 1. The van der Waals surface area contributed by atoms with Gasteiger partial charge in [0, 0.05) is 49.2 Å². The van der Waals surface area contributed by atoms with Crippen LogP contribution in [0.1, 0.15) is 32.9 Å². The van der Waals surface area contributed by atoms with Crippen LogP contribution >= 0.6 is 0 Å².